The Bertz CT molecular complexity index is 463. The molecule has 18 heavy (non-hydrogen) atoms. The fourth-order valence-electron chi connectivity index (χ4n) is 1.79. The molecule has 1 unspecified atom stereocenters. The third kappa shape index (κ3) is 2.75. The van der Waals surface area contributed by atoms with Crippen LogP contribution >= 0.6 is 0 Å². The Kier molecular flexibility index (Phi) is 3.73. The highest BCUT2D eigenvalue weighted by atomic mass is 16.2. The van der Waals surface area contributed by atoms with Gasteiger partial charge in [0.2, 0.25) is 5.91 Å². The topological polar surface area (TPSA) is 109 Å². The summed E-state index contributed by atoms with van der Waals surface area (Å²) >= 11 is 0. The highest BCUT2D eigenvalue weighted by Crippen LogP contribution is 2.08. The molecule has 7 heteroatoms. The van der Waals surface area contributed by atoms with E-state index in [0.717, 1.165) is 6.42 Å². The molecule has 1 atom stereocenters. The molecule has 1 aliphatic heterocycles. The number of piperidine rings is 1. The molecule has 0 saturated carbocycles. The number of hydrogen-bond acceptors (Lipinski definition) is 5. The van der Waals surface area contributed by atoms with E-state index in [-0.39, 0.29) is 17.5 Å². The molecule has 0 aliphatic carbocycles. The van der Waals surface area contributed by atoms with E-state index in [9.17, 15) is 9.59 Å². The summed E-state index contributed by atoms with van der Waals surface area (Å²) in [5.74, 6) is 4.72. The summed E-state index contributed by atoms with van der Waals surface area (Å²) in [5.41, 5.74) is 3.25. The highest BCUT2D eigenvalue weighted by Gasteiger charge is 2.24. The van der Waals surface area contributed by atoms with Crippen molar-refractivity contribution in [3.63, 3.8) is 0 Å². The summed E-state index contributed by atoms with van der Waals surface area (Å²) < 4.78 is 0. The number of pyridine rings is 1. The maximum atomic E-state index is 11.9. The van der Waals surface area contributed by atoms with Crippen LogP contribution < -0.4 is 21.9 Å². The molecule has 0 spiro atoms. The number of nitrogens with two attached hydrogens (primary N) is 1. The molecule has 5 N–H and O–H groups in total. The van der Waals surface area contributed by atoms with E-state index in [1.807, 2.05) is 0 Å². The van der Waals surface area contributed by atoms with Crippen LogP contribution in [-0.2, 0) is 4.79 Å². The number of carbonyl (C=O) groups excluding carboxylic acids is 2. The Morgan fingerprint density at radius 1 is 1.56 bits per heavy atom. The summed E-state index contributed by atoms with van der Waals surface area (Å²) in [6.45, 7) is 0.663. The lowest BCUT2D eigenvalue weighted by atomic mass is 10.1. The lowest BCUT2D eigenvalue weighted by Crippen LogP contribution is -2.50. The second-order valence-electron chi connectivity index (χ2n) is 4.03. The van der Waals surface area contributed by atoms with E-state index in [2.05, 4.69) is 21.0 Å². The van der Waals surface area contributed by atoms with E-state index in [1.54, 1.807) is 6.07 Å². The van der Waals surface area contributed by atoms with Gasteiger partial charge in [0.1, 0.15) is 11.7 Å². The molecule has 1 aromatic rings. The summed E-state index contributed by atoms with van der Waals surface area (Å²) in [6.07, 6.45) is 2.98. The third-order valence-corrected chi connectivity index (χ3v) is 2.75. The van der Waals surface area contributed by atoms with Crippen LogP contribution in [0.1, 0.15) is 23.3 Å². The van der Waals surface area contributed by atoms with Crippen molar-refractivity contribution in [3.05, 3.63) is 24.0 Å². The van der Waals surface area contributed by atoms with Gasteiger partial charge in [0.15, 0.2) is 0 Å². The minimum Gasteiger partial charge on any atom is -0.354 e. The first kappa shape index (κ1) is 12.3. The monoisotopic (exact) mass is 249 g/mol. The number of nitrogen functional groups attached to an aromatic ring is 1. The molecule has 0 radical (unpaired) electrons. The number of nitrogens with zero attached hydrogens (tertiary/aromatic N) is 1. The summed E-state index contributed by atoms with van der Waals surface area (Å²) in [5, 5.41) is 5.36. The van der Waals surface area contributed by atoms with Crippen molar-refractivity contribution in [2.45, 2.75) is 18.9 Å². The van der Waals surface area contributed by atoms with E-state index in [0.29, 0.717) is 18.7 Å². The Hall–Kier alpha value is -2.15. The fourth-order valence-corrected chi connectivity index (χ4v) is 1.79. The molecule has 1 aromatic heterocycles. The second kappa shape index (κ2) is 5.46. The van der Waals surface area contributed by atoms with Gasteiger partial charge in [-0.05, 0) is 25.0 Å². The first-order chi connectivity index (χ1) is 8.70. The largest absolute Gasteiger partial charge is 0.354 e. The average molecular weight is 249 g/mol. The average Bonchev–Trinajstić information content (AvgIpc) is 2.41. The number of hydrazine groups is 1. The summed E-state index contributed by atoms with van der Waals surface area (Å²) in [4.78, 5) is 27.3. The standard InChI is InChI=1S/C11H15N5O2/c12-16-7-3-5-13-9(6-7)11(18)15-8-2-1-4-14-10(8)17/h3,5-6,8H,1-2,4,12H2,(H,13,16)(H,14,17)(H,15,18). The van der Waals surface area contributed by atoms with Crippen molar-refractivity contribution in [1.29, 1.82) is 0 Å². The predicted octanol–water partition coefficient (Wildman–Crippen LogP) is -0.624. The molecule has 2 rings (SSSR count). The van der Waals surface area contributed by atoms with Gasteiger partial charge >= 0.3 is 0 Å². The molecule has 96 valence electrons. The molecule has 1 aliphatic rings. The second-order valence-corrected chi connectivity index (χ2v) is 4.03. The third-order valence-electron chi connectivity index (χ3n) is 2.75. The molecule has 1 fully saturated rings. The summed E-state index contributed by atoms with van der Waals surface area (Å²) in [6, 6.07) is 2.68. The van der Waals surface area contributed by atoms with E-state index >= 15 is 0 Å². The van der Waals surface area contributed by atoms with Gasteiger partial charge in [-0.2, -0.15) is 0 Å². The zero-order valence-electron chi connectivity index (χ0n) is 9.77. The Balaban J connectivity index is 2.04. The SMILES string of the molecule is NNc1ccnc(C(=O)NC2CCCNC2=O)c1. The lowest BCUT2D eigenvalue weighted by Gasteiger charge is -2.22. The maximum Gasteiger partial charge on any atom is 0.270 e. The Morgan fingerprint density at radius 3 is 3.11 bits per heavy atom. The van der Waals surface area contributed by atoms with Crippen molar-refractivity contribution >= 4 is 17.5 Å². The summed E-state index contributed by atoms with van der Waals surface area (Å²) in [7, 11) is 0. The number of amides is 2. The lowest BCUT2D eigenvalue weighted by molar-refractivity contribution is -0.124. The minimum atomic E-state index is -0.484. The maximum absolute atomic E-state index is 11.9. The van der Waals surface area contributed by atoms with Gasteiger partial charge < -0.3 is 16.1 Å². The Labute approximate surface area is 104 Å². The molecular weight excluding hydrogens is 234 g/mol. The van der Waals surface area contributed by atoms with Crippen molar-refractivity contribution in [3.8, 4) is 0 Å². The van der Waals surface area contributed by atoms with E-state index in [1.165, 1.54) is 12.3 Å². The van der Waals surface area contributed by atoms with Gasteiger partial charge in [-0.25, -0.2) is 0 Å². The number of aromatic nitrogens is 1. The molecule has 0 bridgehead atoms. The van der Waals surface area contributed by atoms with E-state index < -0.39 is 6.04 Å². The van der Waals surface area contributed by atoms with Crippen LogP contribution in [0.4, 0.5) is 5.69 Å². The van der Waals surface area contributed by atoms with Crippen LogP contribution in [0, 0.1) is 0 Å². The quantitative estimate of drug-likeness (QED) is 0.421. The van der Waals surface area contributed by atoms with Crippen LogP contribution in [0.5, 0.6) is 0 Å². The van der Waals surface area contributed by atoms with Gasteiger partial charge in [0, 0.05) is 12.7 Å². The zero-order chi connectivity index (χ0) is 13.0. The van der Waals surface area contributed by atoms with Crippen molar-refractivity contribution in [1.82, 2.24) is 15.6 Å². The van der Waals surface area contributed by atoms with Crippen LogP contribution in [-0.4, -0.2) is 29.4 Å². The number of nitrogens with one attached hydrogen (secondary N) is 3. The molecule has 2 heterocycles. The molecular formula is C11H15N5O2. The zero-order valence-corrected chi connectivity index (χ0v) is 9.77. The highest BCUT2D eigenvalue weighted by molar-refractivity contribution is 5.96. The number of carbonyl (C=O) groups is 2. The molecule has 1 saturated heterocycles. The first-order valence-electron chi connectivity index (χ1n) is 5.72. The smallest absolute Gasteiger partial charge is 0.270 e. The van der Waals surface area contributed by atoms with Crippen molar-refractivity contribution < 1.29 is 9.59 Å². The number of anilines is 1. The first-order valence-corrected chi connectivity index (χ1v) is 5.72. The van der Waals surface area contributed by atoms with Crippen molar-refractivity contribution in [2.24, 2.45) is 5.84 Å². The van der Waals surface area contributed by atoms with Crippen LogP contribution in [0.15, 0.2) is 18.3 Å². The van der Waals surface area contributed by atoms with Gasteiger partial charge in [-0.15, -0.1) is 0 Å². The minimum absolute atomic E-state index is 0.150. The van der Waals surface area contributed by atoms with Crippen LogP contribution in [0.2, 0.25) is 0 Å². The van der Waals surface area contributed by atoms with E-state index in [4.69, 9.17) is 5.84 Å². The van der Waals surface area contributed by atoms with Crippen LogP contribution in [0.3, 0.4) is 0 Å². The molecule has 0 aromatic carbocycles. The number of rotatable bonds is 3. The molecule has 2 amide bonds. The van der Waals surface area contributed by atoms with Crippen LogP contribution in [0.25, 0.3) is 0 Å². The van der Waals surface area contributed by atoms with Gasteiger partial charge in [0.05, 0.1) is 5.69 Å². The fraction of sp³-hybridized carbons (Fsp3) is 0.364. The van der Waals surface area contributed by atoms with Gasteiger partial charge in [0.25, 0.3) is 5.91 Å². The number of hydrogen-bond donors (Lipinski definition) is 4. The van der Waals surface area contributed by atoms with Gasteiger partial charge in [-0.1, -0.05) is 0 Å². The predicted molar refractivity (Wildman–Crippen MR) is 65.5 cm³/mol. The molecule has 7 nitrogen and oxygen atoms in total. The van der Waals surface area contributed by atoms with Crippen molar-refractivity contribution in [2.75, 3.05) is 12.0 Å². The van der Waals surface area contributed by atoms with Gasteiger partial charge in [-0.3, -0.25) is 20.4 Å². The normalized spacial score (nSPS) is 18.9. The Morgan fingerprint density at radius 2 is 2.39 bits per heavy atom.